The summed E-state index contributed by atoms with van der Waals surface area (Å²) in [6.45, 7) is 7.18. The number of pyridine rings is 1. The van der Waals surface area contributed by atoms with Gasteiger partial charge < -0.3 is 19.9 Å². The van der Waals surface area contributed by atoms with E-state index in [9.17, 15) is 4.79 Å². The molecule has 0 aliphatic carbocycles. The molecule has 3 heterocycles. The number of anilines is 1. The molecule has 0 spiro atoms. The molecule has 1 aromatic carbocycles. The standard InChI is InChI=1S/C26H30ClN5O2S/c1-18-15-23(31(2)24(18)25(33)19-3-5-20(27)6-4-19)16-21-7-8-22(17-29-21)30-26(35)28-9-10-32-11-13-34-14-12-32/h3-8,15,17H,9-14,16H2,1-2H3,(H2,28,30,35). The Morgan fingerprint density at radius 1 is 1.17 bits per heavy atom. The summed E-state index contributed by atoms with van der Waals surface area (Å²) in [7, 11) is 1.92. The van der Waals surface area contributed by atoms with Gasteiger partial charge in [0, 0.05) is 61.6 Å². The number of nitrogens with zero attached hydrogens (tertiary/aromatic N) is 3. The molecule has 0 unspecified atom stereocenters. The third-order valence-corrected chi connectivity index (χ3v) is 6.60. The Morgan fingerprint density at radius 3 is 2.60 bits per heavy atom. The lowest BCUT2D eigenvalue weighted by Gasteiger charge is -2.26. The maximum Gasteiger partial charge on any atom is 0.209 e. The molecule has 0 atom stereocenters. The summed E-state index contributed by atoms with van der Waals surface area (Å²) >= 11 is 11.4. The van der Waals surface area contributed by atoms with Gasteiger partial charge in [-0.1, -0.05) is 11.6 Å². The normalized spacial score (nSPS) is 14.0. The molecule has 9 heteroatoms. The third kappa shape index (κ3) is 6.67. The first kappa shape index (κ1) is 25.3. The molecule has 0 radical (unpaired) electrons. The van der Waals surface area contributed by atoms with E-state index in [0.717, 1.165) is 62.0 Å². The molecule has 1 aliphatic heterocycles. The monoisotopic (exact) mass is 511 g/mol. The Hall–Kier alpha value is -2.78. The van der Waals surface area contributed by atoms with Crippen molar-refractivity contribution >= 4 is 40.4 Å². The van der Waals surface area contributed by atoms with E-state index in [0.29, 0.717) is 27.8 Å². The molecule has 2 N–H and O–H groups in total. The molecular weight excluding hydrogens is 482 g/mol. The van der Waals surface area contributed by atoms with Crippen LogP contribution in [0.5, 0.6) is 0 Å². The lowest BCUT2D eigenvalue weighted by molar-refractivity contribution is 0.0389. The van der Waals surface area contributed by atoms with Gasteiger partial charge >= 0.3 is 0 Å². The third-order valence-electron chi connectivity index (χ3n) is 6.11. The number of morpholine rings is 1. The van der Waals surface area contributed by atoms with Crippen LogP contribution >= 0.6 is 23.8 Å². The molecule has 1 fully saturated rings. The van der Waals surface area contributed by atoms with Gasteiger partial charge in [-0.3, -0.25) is 14.7 Å². The number of carbonyl (C=O) groups is 1. The molecule has 35 heavy (non-hydrogen) atoms. The molecule has 1 saturated heterocycles. The van der Waals surface area contributed by atoms with Crippen molar-refractivity contribution in [3.05, 3.63) is 81.9 Å². The summed E-state index contributed by atoms with van der Waals surface area (Å²) in [4.78, 5) is 20.0. The topological polar surface area (TPSA) is 71.4 Å². The SMILES string of the molecule is Cc1cc(Cc2ccc(NC(=S)NCCN3CCOCC3)cn2)n(C)c1C(=O)c1ccc(Cl)cc1. The number of benzene rings is 1. The van der Waals surface area contributed by atoms with Gasteiger partial charge in [0.15, 0.2) is 5.11 Å². The van der Waals surface area contributed by atoms with Crippen LogP contribution in [0.4, 0.5) is 5.69 Å². The van der Waals surface area contributed by atoms with E-state index in [4.69, 9.17) is 28.6 Å². The Bertz CT molecular complexity index is 1170. The first-order valence-corrected chi connectivity index (χ1v) is 12.4. The van der Waals surface area contributed by atoms with Crippen molar-refractivity contribution in [3.63, 3.8) is 0 Å². The second-order valence-electron chi connectivity index (χ2n) is 8.61. The molecular formula is C26H30ClN5O2S. The van der Waals surface area contributed by atoms with E-state index >= 15 is 0 Å². The number of aromatic nitrogens is 2. The van der Waals surface area contributed by atoms with Crippen LogP contribution in [0.2, 0.25) is 5.02 Å². The number of thiocarbonyl (C=S) groups is 1. The number of ketones is 1. The fraction of sp³-hybridized carbons (Fsp3) is 0.346. The summed E-state index contributed by atoms with van der Waals surface area (Å²) in [6.07, 6.45) is 2.40. The number of nitrogens with one attached hydrogen (secondary N) is 2. The van der Waals surface area contributed by atoms with Gasteiger partial charge in [0.2, 0.25) is 5.78 Å². The Kier molecular flexibility index (Phi) is 8.51. The summed E-state index contributed by atoms with van der Waals surface area (Å²) < 4.78 is 7.32. The Balaban J connectivity index is 1.33. The highest BCUT2D eigenvalue weighted by molar-refractivity contribution is 7.80. The van der Waals surface area contributed by atoms with Gasteiger partial charge in [-0.05, 0) is 67.2 Å². The summed E-state index contributed by atoms with van der Waals surface area (Å²) in [5, 5.41) is 7.62. The van der Waals surface area contributed by atoms with Crippen LogP contribution in [0.25, 0.3) is 0 Å². The summed E-state index contributed by atoms with van der Waals surface area (Å²) in [5.41, 5.74) is 5.00. The second-order valence-corrected chi connectivity index (χ2v) is 9.46. The van der Waals surface area contributed by atoms with Crippen molar-refractivity contribution < 1.29 is 9.53 Å². The predicted octanol–water partition coefficient (Wildman–Crippen LogP) is 3.82. The van der Waals surface area contributed by atoms with Crippen molar-refractivity contribution in [2.24, 2.45) is 7.05 Å². The van der Waals surface area contributed by atoms with E-state index in [1.807, 2.05) is 36.7 Å². The zero-order valence-electron chi connectivity index (χ0n) is 20.0. The highest BCUT2D eigenvalue weighted by Crippen LogP contribution is 2.21. The Morgan fingerprint density at radius 2 is 1.91 bits per heavy atom. The minimum Gasteiger partial charge on any atom is -0.379 e. The van der Waals surface area contributed by atoms with Crippen molar-refractivity contribution in [1.29, 1.82) is 0 Å². The van der Waals surface area contributed by atoms with E-state index < -0.39 is 0 Å². The van der Waals surface area contributed by atoms with Crippen LogP contribution in [0.1, 0.15) is 33.0 Å². The van der Waals surface area contributed by atoms with Crippen LogP contribution in [0.3, 0.4) is 0 Å². The van der Waals surface area contributed by atoms with E-state index in [1.54, 1.807) is 30.5 Å². The maximum atomic E-state index is 13.1. The van der Waals surface area contributed by atoms with Gasteiger partial charge in [-0.2, -0.15) is 0 Å². The predicted molar refractivity (Wildman–Crippen MR) is 144 cm³/mol. The van der Waals surface area contributed by atoms with Gasteiger partial charge in [0.05, 0.1) is 30.8 Å². The zero-order chi connectivity index (χ0) is 24.8. The highest BCUT2D eigenvalue weighted by Gasteiger charge is 2.19. The maximum absolute atomic E-state index is 13.1. The highest BCUT2D eigenvalue weighted by atomic mass is 35.5. The molecule has 184 valence electrons. The minimum atomic E-state index is -0.0185. The van der Waals surface area contributed by atoms with Crippen LogP contribution in [0.15, 0.2) is 48.7 Å². The molecule has 1 aliphatic rings. The number of carbonyl (C=O) groups excluding carboxylic acids is 1. The van der Waals surface area contributed by atoms with Gasteiger partial charge in [0.1, 0.15) is 0 Å². The number of halogens is 1. The first-order valence-electron chi connectivity index (χ1n) is 11.7. The second kappa shape index (κ2) is 11.8. The van der Waals surface area contributed by atoms with Crippen LogP contribution in [-0.2, 0) is 18.2 Å². The number of hydrogen-bond acceptors (Lipinski definition) is 5. The molecule has 0 saturated carbocycles. The van der Waals surface area contributed by atoms with Crippen LogP contribution in [0, 0.1) is 6.92 Å². The van der Waals surface area contributed by atoms with E-state index in [1.165, 1.54) is 0 Å². The lowest BCUT2D eigenvalue weighted by atomic mass is 10.1. The molecule has 4 rings (SSSR count). The number of ether oxygens (including phenoxy) is 1. The number of aryl methyl sites for hydroxylation is 1. The number of hydrogen-bond donors (Lipinski definition) is 2. The quantitative estimate of drug-likeness (QED) is 0.352. The summed E-state index contributed by atoms with van der Waals surface area (Å²) in [6, 6.07) is 13.0. The fourth-order valence-electron chi connectivity index (χ4n) is 4.18. The van der Waals surface area contributed by atoms with Gasteiger partial charge in [0.25, 0.3) is 0 Å². The van der Waals surface area contributed by atoms with Crippen molar-refractivity contribution in [2.75, 3.05) is 44.7 Å². The van der Waals surface area contributed by atoms with E-state index in [2.05, 4.69) is 20.5 Å². The molecule has 3 aromatic rings. The van der Waals surface area contributed by atoms with Gasteiger partial charge in [-0.25, -0.2) is 0 Å². The Labute approximate surface area is 216 Å². The minimum absolute atomic E-state index is 0.0185. The molecule has 0 amide bonds. The zero-order valence-corrected chi connectivity index (χ0v) is 21.6. The number of rotatable bonds is 8. The van der Waals surface area contributed by atoms with Crippen molar-refractivity contribution in [2.45, 2.75) is 13.3 Å². The fourth-order valence-corrected chi connectivity index (χ4v) is 4.52. The summed E-state index contributed by atoms with van der Waals surface area (Å²) in [5.74, 6) is -0.0185. The molecule has 0 bridgehead atoms. The molecule has 2 aromatic heterocycles. The van der Waals surface area contributed by atoms with Crippen LogP contribution in [-0.4, -0.2) is 64.7 Å². The van der Waals surface area contributed by atoms with Crippen LogP contribution < -0.4 is 10.6 Å². The largest absolute Gasteiger partial charge is 0.379 e. The van der Waals surface area contributed by atoms with E-state index in [-0.39, 0.29) is 5.78 Å². The lowest BCUT2D eigenvalue weighted by Crippen LogP contribution is -2.42. The van der Waals surface area contributed by atoms with Gasteiger partial charge in [-0.15, -0.1) is 0 Å². The van der Waals surface area contributed by atoms with Crippen molar-refractivity contribution in [3.8, 4) is 0 Å². The molecule has 7 nitrogen and oxygen atoms in total. The van der Waals surface area contributed by atoms with Crippen molar-refractivity contribution in [1.82, 2.24) is 19.8 Å². The smallest absolute Gasteiger partial charge is 0.209 e. The average molecular weight is 512 g/mol. The first-order chi connectivity index (χ1) is 16.9. The average Bonchev–Trinajstić information content (AvgIpc) is 3.13.